The molecule has 1 aromatic carbocycles. The number of rotatable bonds is 6. The number of carboxylic acids is 1. The van der Waals surface area contributed by atoms with Crippen LogP contribution in [0.2, 0.25) is 0 Å². The number of aliphatic carboxylic acids is 1. The molecule has 1 aliphatic heterocycles. The van der Waals surface area contributed by atoms with E-state index in [-0.39, 0.29) is 17.4 Å². The Morgan fingerprint density at radius 3 is 2.62 bits per heavy atom. The Labute approximate surface area is 140 Å². The average molecular weight is 334 g/mol. The molecule has 0 saturated carbocycles. The van der Waals surface area contributed by atoms with Gasteiger partial charge in [-0.2, -0.15) is 0 Å². The molecule has 0 radical (unpaired) electrons. The van der Waals surface area contributed by atoms with E-state index >= 15 is 0 Å². The number of carbonyl (C=O) groups excluding carboxylic acids is 2. The monoisotopic (exact) mass is 334 g/mol. The summed E-state index contributed by atoms with van der Waals surface area (Å²) in [5, 5.41) is 14.4. The van der Waals surface area contributed by atoms with Crippen molar-refractivity contribution in [1.29, 1.82) is 0 Å². The topological polar surface area (TPSA) is 105 Å². The van der Waals surface area contributed by atoms with E-state index in [2.05, 4.69) is 10.6 Å². The zero-order valence-corrected chi connectivity index (χ0v) is 13.7. The summed E-state index contributed by atoms with van der Waals surface area (Å²) < 4.78 is 5.31. The molecule has 7 heteroatoms. The van der Waals surface area contributed by atoms with Gasteiger partial charge in [0, 0.05) is 17.9 Å². The second-order valence-corrected chi connectivity index (χ2v) is 6.11. The van der Waals surface area contributed by atoms with Gasteiger partial charge in [0.25, 0.3) is 11.8 Å². The number of anilines is 1. The second-order valence-electron chi connectivity index (χ2n) is 6.11. The normalized spacial score (nSPS) is 18.2. The number of hydrogen-bond acceptors (Lipinski definition) is 4. The van der Waals surface area contributed by atoms with Crippen LogP contribution in [0.25, 0.3) is 0 Å². The van der Waals surface area contributed by atoms with Gasteiger partial charge in [0.2, 0.25) is 0 Å². The molecule has 1 aromatic rings. The molecular weight excluding hydrogens is 312 g/mol. The number of carboxylic acid groups (broad SMARTS) is 1. The summed E-state index contributed by atoms with van der Waals surface area (Å²) in [6.07, 6.45) is 1.08. The lowest BCUT2D eigenvalue weighted by molar-refractivity contribution is -0.140. The first-order chi connectivity index (χ1) is 11.4. The van der Waals surface area contributed by atoms with E-state index < -0.39 is 24.0 Å². The first kappa shape index (κ1) is 17.9. The molecule has 0 aliphatic carbocycles. The Bertz CT molecular complexity index is 623. The minimum Gasteiger partial charge on any atom is -0.480 e. The third-order valence-electron chi connectivity index (χ3n) is 3.83. The summed E-state index contributed by atoms with van der Waals surface area (Å²) in [6, 6.07) is 5.41. The third kappa shape index (κ3) is 4.55. The third-order valence-corrected chi connectivity index (χ3v) is 3.83. The van der Waals surface area contributed by atoms with Crippen molar-refractivity contribution >= 4 is 23.5 Å². The summed E-state index contributed by atoms with van der Waals surface area (Å²) in [5.41, 5.74) is 0.756. The van der Waals surface area contributed by atoms with Gasteiger partial charge in [-0.1, -0.05) is 19.9 Å². The van der Waals surface area contributed by atoms with Gasteiger partial charge < -0.3 is 20.5 Å². The van der Waals surface area contributed by atoms with Crippen LogP contribution in [0.15, 0.2) is 24.3 Å². The van der Waals surface area contributed by atoms with Crippen LogP contribution in [-0.2, 0) is 14.3 Å². The number of benzene rings is 1. The average Bonchev–Trinajstić information content (AvgIpc) is 3.06. The van der Waals surface area contributed by atoms with Gasteiger partial charge in [0.15, 0.2) is 0 Å². The molecule has 130 valence electrons. The minimum atomic E-state index is -1.08. The molecule has 0 spiro atoms. The molecule has 2 rings (SSSR count). The highest BCUT2D eigenvalue weighted by Gasteiger charge is 2.25. The van der Waals surface area contributed by atoms with Gasteiger partial charge in [-0.3, -0.25) is 9.59 Å². The lowest BCUT2D eigenvalue weighted by Gasteiger charge is -2.18. The quantitative estimate of drug-likeness (QED) is 0.733. The molecule has 1 fully saturated rings. The lowest BCUT2D eigenvalue weighted by atomic mass is 10.0. The van der Waals surface area contributed by atoms with Crippen molar-refractivity contribution in [2.45, 2.75) is 38.8 Å². The number of nitrogens with one attached hydrogen (secondary N) is 2. The molecule has 2 amide bonds. The largest absolute Gasteiger partial charge is 0.480 e. The Morgan fingerprint density at radius 1 is 1.29 bits per heavy atom. The van der Waals surface area contributed by atoms with Crippen molar-refractivity contribution in [3.63, 3.8) is 0 Å². The van der Waals surface area contributed by atoms with Crippen LogP contribution in [0.3, 0.4) is 0 Å². The van der Waals surface area contributed by atoms with E-state index in [0.717, 1.165) is 6.42 Å². The van der Waals surface area contributed by atoms with Crippen LogP contribution < -0.4 is 10.6 Å². The Kier molecular flexibility index (Phi) is 5.92. The van der Waals surface area contributed by atoms with Crippen LogP contribution in [0, 0.1) is 5.92 Å². The first-order valence-electron chi connectivity index (χ1n) is 7.94. The number of amides is 2. The molecule has 24 heavy (non-hydrogen) atoms. The fourth-order valence-corrected chi connectivity index (χ4v) is 2.48. The highest BCUT2D eigenvalue weighted by atomic mass is 16.5. The predicted molar refractivity (Wildman–Crippen MR) is 87.8 cm³/mol. The highest BCUT2D eigenvalue weighted by Crippen LogP contribution is 2.16. The van der Waals surface area contributed by atoms with Crippen LogP contribution in [0.5, 0.6) is 0 Å². The van der Waals surface area contributed by atoms with Crippen molar-refractivity contribution in [2.24, 2.45) is 5.92 Å². The fourth-order valence-electron chi connectivity index (χ4n) is 2.48. The molecular formula is C17H22N2O5. The Hall–Kier alpha value is -2.41. The summed E-state index contributed by atoms with van der Waals surface area (Å²) in [4.78, 5) is 35.5. The maximum atomic E-state index is 12.2. The number of hydrogen-bond donors (Lipinski definition) is 3. The van der Waals surface area contributed by atoms with Gasteiger partial charge >= 0.3 is 5.97 Å². The molecule has 2 atom stereocenters. The maximum Gasteiger partial charge on any atom is 0.326 e. The van der Waals surface area contributed by atoms with Crippen LogP contribution in [0.1, 0.15) is 37.0 Å². The first-order valence-corrected chi connectivity index (χ1v) is 7.94. The smallest absolute Gasteiger partial charge is 0.326 e. The van der Waals surface area contributed by atoms with E-state index in [1.807, 2.05) is 0 Å². The van der Waals surface area contributed by atoms with Gasteiger partial charge in [0.1, 0.15) is 12.1 Å². The minimum absolute atomic E-state index is 0.240. The summed E-state index contributed by atoms with van der Waals surface area (Å²) in [6.45, 7) is 4.01. The van der Waals surface area contributed by atoms with Gasteiger partial charge in [-0.25, -0.2) is 4.79 Å². The van der Waals surface area contributed by atoms with E-state index in [9.17, 15) is 14.4 Å². The van der Waals surface area contributed by atoms with Gasteiger partial charge in [-0.15, -0.1) is 0 Å². The summed E-state index contributed by atoms with van der Waals surface area (Å²) in [5.74, 6) is -2.06. The van der Waals surface area contributed by atoms with Gasteiger partial charge in [0.05, 0.1) is 0 Å². The highest BCUT2D eigenvalue weighted by molar-refractivity contribution is 5.99. The molecule has 1 heterocycles. The molecule has 7 nitrogen and oxygen atoms in total. The van der Waals surface area contributed by atoms with Crippen LogP contribution >= 0.6 is 0 Å². The van der Waals surface area contributed by atoms with Crippen LogP contribution in [-0.4, -0.2) is 41.6 Å². The fraction of sp³-hybridized carbons (Fsp3) is 0.471. The molecule has 0 aromatic heterocycles. The number of ether oxygens (including phenoxy) is 1. The summed E-state index contributed by atoms with van der Waals surface area (Å²) in [7, 11) is 0. The molecule has 1 aliphatic rings. The summed E-state index contributed by atoms with van der Waals surface area (Å²) >= 11 is 0. The Morgan fingerprint density at radius 2 is 2.04 bits per heavy atom. The molecule has 2 unspecified atom stereocenters. The second kappa shape index (κ2) is 7.92. The van der Waals surface area contributed by atoms with Crippen molar-refractivity contribution in [3.05, 3.63) is 29.8 Å². The van der Waals surface area contributed by atoms with E-state index in [1.165, 1.54) is 6.07 Å². The zero-order valence-electron chi connectivity index (χ0n) is 13.7. The van der Waals surface area contributed by atoms with E-state index in [4.69, 9.17) is 9.84 Å². The Balaban J connectivity index is 2.04. The van der Waals surface area contributed by atoms with Gasteiger partial charge in [-0.05, 0) is 37.0 Å². The van der Waals surface area contributed by atoms with Crippen molar-refractivity contribution in [2.75, 3.05) is 11.9 Å². The van der Waals surface area contributed by atoms with E-state index in [0.29, 0.717) is 18.7 Å². The lowest BCUT2D eigenvalue weighted by Crippen LogP contribution is -2.44. The van der Waals surface area contributed by atoms with Crippen LogP contribution in [0.4, 0.5) is 5.69 Å². The van der Waals surface area contributed by atoms with Crippen molar-refractivity contribution < 1.29 is 24.2 Å². The standard InChI is InChI=1S/C17H22N2O5/c1-10(2)14(17(22)23)19-15(20)11-5-3-6-12(9-11)18-16(21)13-7-4-8-24-13/h3,5-6,9-10,13-14H,4,7-8H2,1-2H3,(H,18,21)(H,19,20)(H,22,23). The zero-order chi connectivity index (χ0) is 17.7. The molecule has 1 saturated heterocycles. The van der Waals surface area contributed by atoms with Crippen molar-refractivity contribution in [3.8, 4) is 0 Å². The number of carbonyl (C=O) groups is 3. The maximum absolute atomic E-state index is 12.2. The van der Waals surface area contributed by atoms with E-state index in [1.54, 1.807) is 32.0 Å². The predicted octanol–water partition coefficient (Wildman–Crippen LogP) is 1.64. The molecule has 0 bridgehead atoms. The SMILES string of the molecule is CC(C)C(NC(=O)c1cccc(NC(=O)C2CCCO2)c1)C(=O)O. The van der Waals surface area contributed by atoms with Crippen molar-refractivity contribution in [1.82, 2.24) is 5.32 Å². The molecule has 3 N–H and O–H groups in total.